The van der Waals surface area contributed by atoms with Gasteiger partial charge in [0.05, 0.1) is 16.9 Å². The van der Waals surface area contributed by atoms with Gasteiger partial charge >= 0.3 is 0 Å². The summed E-state index contributed by atoms with van der Waals surface area (Å²) >= 11 is 0. The molecule has 0 radical (unpaired) electrons. The van der Waals surface area contributed by atoms with Crippen LogP contribution in [0.15, 0.2) is 18.2 Å². The second-order valence-corrected chi connectivity index (χ2v) is 4.44. The fourth-order valence-electron chi connectivity index (χ4n) is 1.81. The number of carbonyl (C=O) groups excluding carboxylic acids is 1. The molecular formula is C13H15N3O3. The molecule has 6 heteroatoms. The molecule has 0 saturated heterocycles. The first-order chi connectivity index (χ1) is 8.88. The molecule has 1 aromatic carbocycles. The summed E-state index contributed by atoms with van der Waals surface area (Å²) in [6.07, 6.45) is 0. The Morgan fingerprint density at radius 1 is 1.58 bits per heavy atom. The fraction of sp³-hybridized carbons (Fsp3) is 0.385. The molecule has 1 atom stereocenters. The third-order valence-electron chi connectivity index (χ3n) is 2.77. The number of hydrogen-bond acceptors (Lipinski definition) is 4. The van der Waals surface area contributed by atoms with Crippen LogP contribution in [-0.2, 0) is 0 Å². The smallest absolute Gasteiger partial charge is 0.285 e. The lowest BCUT2D eigenvalue weighted by Gasteiger charge is -2.18. The number of rotatable bonds is 4. The van der Waals surface area contributed by atoms with Gasteiger partial charge in [-0.1, -0.05) is 12.1 Å². The first kappa shape index (κ1) is 14.6. The van der Waals surface area contributed by atoms with Crippen LogP contribution in [0.3, 0.4) is 0 Å². The summed E-state index contributed by atoms with van der Waals surface area (Å²) in [6.45, 7) is 3.52. The van der Waals surface area contributed by atoms with E-state index in [1.165, 1.54) is 18.0 Å². The van der Waals surface area contributed by atoms with Crippen molar-refractivity contribution in [1.82, 2.24) is 4.90 Å². The van der Waals surface area contributed by atoms with E-state index < -0.39 is 10.8 Å². The van der Waals surface area contributed by atoms with E-state index in [1.807, 2.05) is 6.07 Å². The van der Waals surface area contributed by atoms with Crippen LogP contribution < -0.4 is 0 Å². The predicted octanol–water partition coefficient (Wildman–Crippen LogP) is 2.13. The molecule has 19 heavy (non-hydrogen) atoms. The molecule has 100 valence electrons. The molecule has 0 heterocycles. The Labute approximate surface area is 111 Å². The first-order valence-electron chi connectivity index (χ1n) is 5.77. The molecule has 0 spiro atoms. The van der Waals surface area contributed by atoms with Gasteiger partial charge in [0.2, 0.25) is 0 Å². The number of amides is 1. The number of carbonyl (C=O) groups is 1. The molecule has 0 aliphatic heterocycles. The Balaban J connectivity index is 3.10. The predicted molar refractivity (Wildman–Crippen MR) is 69.6 cm³/mol. The highest BCUT2D eigenvalue weighted by Gasteiger charge is 2.25. The monoisotopic (exact) mass is 261 g/mol. The van der Waals surface area contributed by atoms with Gasteiger partial charge in [0.15, 0.2) is 0 Å². The van der Waals surface area contributed by atoms with E-state index in [1.54, 1.807) is 26.0 Å². The van der Waals surface area contributed by atoms with Crippen molar-refractivity contribution >= 4 is 11.6 Å². The maximum absolute atomic E-state index is 12.2. The van der Waals surface area contributed by atoms with E-state index in [0.29, 0.717) is 5.56 Å². The second kappa shape index (κ2) is 5.96. The molecule has 0 bridgehead atoms. The Morgan fingerprint density at radius 2 is 2.21 bits per heavy atom. The minimum Gasteiger partial charge on any atom is -0.340 e. The van der Waals surface area contributed by atoms with Crippen molar-refractivity contribution in [1.29, 1.82) is 5.26 Å². The van der Waals surface area contributed by atoms with Crippen LogP contribution in [0.5, 0.6) is 0 Å². The summed E-state index contributed by atoms with van der Waals surface area (Å²) in [4.78, 5) is 24.0. The fourth-order valence-corrected chi connectivity index (χ4v) is 1.81. The zero-order chi connectivity index (χ0) is 14.6. The van der Waals surface area contributed by atoms with Crippen molar-refractivity contribution in [3.63, 3.8) is 0 Å². The molecule has 1 rings (SSSR count). The van der Waals surface area contributed by atoms with E-state index in [4.69, 9.17) is 5.26 Å². The van der Waals surface area contributed by atoms with Crippen LogP contribution in [0.4, 0.5) is 5.69 Å². The molecule has 0 aliphatic rings. The van der Waals surface area contributed by atoms with Gasteiger partial charge in [-0.2, -0.15) is 5.26 Å². The molecule has 6 nitrogen and oxygen atoms in total. The zero-order valence-corrected chi connectivity index (χ0v) is 11.1. The van der Waals surface area contributed by atoms with E-state index >= 15 is 0 Å². The molecule has 1 unspecified atom stereocenters. The molecule has 1 aromatic rings. The number of aryl methyl sites for hydroxylation is 1. The zero-order valence-electron chi connectivity index (χ0n) is 11.1. The summed E-state index contributed by atoms with van der Waals surface area (Å²) in [5, 5.41) is 19.8. The highest BCUT2D eigenvalue weighted by atomic mass is 16.6. The standard InChI is InChI=1S/C13H15N3O3/c1-9(7-14)8-15(3)13(17)11-6-4-5-10(2)12(11)16(18)19/h4-6,9H,8H2,1-3H3. The summed E-state index contributed by atoms with van der Waals surface area (Å²) < 4.78 is 0. The van der Waals surface area contributed by atoms with Crippen LogP contribution in [0.25, 0.3) is 0 Å². The van der Waals surface area contributed by atoms with Crippen molar-refractivity contribution in [2.75, 3.05) is 13.6 Å². The van der Waals surface area contributed by atoms with Gasteiger partial charge in [0.25, 0.3) is 11.6 Å². The lowest BCUT2D eigenvalue weighted by molar-refractivity contribution is -0.385. The Morgan fingerprint density at radius 3 is 2.74 bits per heavy atom. The third-order valence-corrected chi connectivity index (χ3v) is 2.77. The van der Waals surface area contributed by atoms with Crippen LogP contribution in [0.1, 0.15) is 22.8 Å². The maximum atomic E-state index is 12.2. The highest BCUT2D eigenvalue weighted by Crippen LogP contribution is 2.24. The molecule has 1 amide bonds. The van der Waals surface area contributed by atoms with Gasteiger partial charge in [0, 0.05) is 19.2 Å². The van der Waals surface area contributed by atoms with Crippen molar-refractivity contribution in [3.8, 4) is 6.07 Å². The first-order valence-corrected chi connectivity index (χ1v) is 5.77. The van der Waals surface area contributed by atoms with Gasteiger partial charge in [-0.15, -0.1) is 0 Å². The van der Waals surface area contributed by atoms with E-state index in [2.05, 4.69) is 0 Å². The third kappa shape index (κ3) is 3.28. The number of hydrogen-bond donors (Lipinski definition) is 0. The van der Waals surface area contributed by atoms with Gasteiger partial charge in [-0.25, -0.2) is 0 Å². The van der Waals surface area contributed by atoms with Gasteiger partial charge in [-0.3, -0.25) is 14.9 Å². The SMILES string of the molecule is Cc1cccc(C(=O)N(C)CC(C)C#N)c1[N+](=O)[O-]. The van der Waals surface area contributed by atoms with Crippen LogP contribution >= 0.6 is 0 Å². The number of nitrogens with zero attached hydrogens (tertiary/aromatic N) is 3. The Kier molecular flexibility index (Phi) is 4.59. The van der Waals surface area contributed by atoms with Crippen LogP contribution in [0.2, 0.25) is 0 Å². The molecule has 0 N–H and O–H groups in total. The van der Waals surface area contributed by atoms with Crippen LogP contribution in [0, 0.1) is 34.3 Å². The number of nitro benzene ring substituents is 1. The molecule has 0 saturated carbocycles. The van der Waals surface area contributed by atoms with Gasteiger partial charge in [-0.05, 0) is 19.9 Å². The van der Waals surface area contributed by atoms with Gasteiger partial charge < -0.3 is 4.90 Å². The topological polar surface area (TPSA) is 87.2 Å². The summed E-state index contributed by atoms with van der Waals surface area (Å²) in [5.74, 6) is -0.768. The average Bonchev–Trinajstić information content (AvgIpc) is 2.36. The lowest BCUT2D eigenvalue weighted by Crippen LogP contribution is -2.31. The molecular weight excluding hydrogens is 246 g/mol. The number of nitriles is 1. The number of para-hydroxylation sites is 1. The maximum Gasteiger partial charge on any atom is 0.285 e. The molecule has 0 aromatic heterocycles. The van der Waals surface area contributed by atoms with Gasteiger partial charge in [0.1, 0.15) is 5.56 Å². The van der Waals surface area contributed by atoms with E-state index in [-0.39, 0.29) is 23.7 Å². The largest absolute Gasteiger partial charge is 0.340 e. The number of benzene rings is 1. The molecule has 0 fully saturated rings. The average molecular weight is 261 g/mol. The lowest BCUT2D eigenvalue weighted by atomic mass is 10.1. The number of nitro groups is 1. The van der Waals surface area contributed by atoms with Crippen molar-refractivity contribution in [2.45, 2.75) is 13.8 Å². The quantitative estimate of drug-likeness (QED) is 0.613. The van der Waals surface area contributed by atoms with Crippen LogP contribution in [-0.4, -0.2) is 29.3 Å². The van der Waals surface area contributed by atoms with E-state index in [9.17, 15) is 14.9 Å². The van der Waals surface area contributed by atoms with Crippen molar-refractivity contribution < 1.29 is 9.72 Å². The minimum atomic E-state index is -0.551. The normalized spacial score (nSPS) is 11.5. The Hall–Kier alpha value is -2.42. The minimum absolute atomic E-state index is 0.0534. The van der Waals surface area contributed by atoms with Crippen molar-refractivity contribution in [2.24, 2.45) is 5.92 Å². The second-order valence-electron chi connectivity index (χ2n) is 4.44. The summed E-state index contributed by atoms with van der Waals surface area (Å²) in [7, 11) is 1.53. The highest BCUT2D eigenvalue weighted by molar-refractivity contribution is 5.98. The summed E-state index contributed by atoms with van der Waals surface area (Å²) in [6, 6.07) is 6.65. The van der Waals surface area contributed by atoms with E-state index in [0.717, 1.165) is 0 Å². The Bertz CT molecular complexity index is 549. The molecule has 0 aliphatic carbocycles. The van der Waals surface area contributed by atoms with Crippen molar-refractivity contribution in [3.05, 3.63) is 39.4 Å². The summed E-state index contributed by atoms with van der Waals surface area (Å²) in [5.41, 5.74) is 0.319.